The van der Waals surface area contributed by atoms with Crippen LogP contribution in [0.3, 0.4) is 0 Å². The summed E-state index contributed by atoms with van der Waals surface area (Å²) < 4.78 is 6.14. The highest BCUT2D eigenvalue weighted by Crippen LogP contribution is 2.45. The number of aromatic amines is 1. The van der Waals surface area contributed by atoms with Gasteiger partial charge in [-0.1, -0.05) is 30.3 Å². The van der Waals surface area contributed by atoms with Crippen LogP contribution in [0.1, 0.15) is 36.8 Å². The molecule has 6 nitrogen and oxygen atoms in total. The Balaban J connectivity index is 1.66. The fourth-order valence-electron chi connectivity index (χ4n) is 4.39. The highest BCUT2D eigenvalue weighted by molar-refractivity contribution is 5.74. The molecular formula is C26H24N4O2. The van der Waals surface area contributed by atoms with Gasteiger partial charge in [0.2, 0.25) is 0 Å². The van der Waals surface area contributed by atoms with E-state index in [2.05, 4.69) is 16.0 Å². The van der Waals surface area contributed by atoms with Crippen molar-refractivity contribution in [2.24, 2.45) is 0 Å². The molecule has 0 amide bonds. The number of imidazole rings is 1. The van der Waals surface area contributed by atoms with Crippen molar-refractivity contribution < 1.29 is 9.84 Å². The van der Waals surface area contributed by atoms with E-state index in [4.69, 9.17) is 9.72 Å². The van der Waals surface area contributed by atoms with Crippen LogP contribution in [0.5, 0.6) is 5.75 Å². The van der Waals surface area contributed by atoms with E-state index >= 15 is 0 Å². The van der Waals surface area contributed by atoms with Gasteiger partial charge in [-0.15, -0.1) is 0 Å². The number of benzene rings is 3. The van der Waals surface area contributed by atoms with Crippen LogP contribution in [0, 0.1) is 11.3 Å². The molecule has 32 heavy (non-hydrogen) atoms. The number of anilines is 1. The molecule has 2 heterocycles. The average Bonchev–Trinajstić information content (AvgIpc) is 3.22. The first-order chi connectivity index (χ1) is 15.5. The van der Waals surface area contributed by atoms with Crippen LogP contribution in [0.15, 0.2) is 72.8 Å². The third-order valence-corrected chi connectivity index (χ3v) is 6.02. The number of nitriles is 1. The van der Waals surface area contributed by atoms with Crippen molar-refractivity contribution in [2.75, 3.05) is 4.90 Å². The number of aromatic nitrogens is 2. The topological polar surface area (TPSA) is 85.2 Å². The number of aliphatic hydroxyl groups is 1. The van der Waals surface area contributed by atoms with E-state index in [0.717, 1.165) is 28.1 Å². The van der Waals surface area contributed by atoms with E-state index in [1.165, 1.54) is 0 Å². The molecule has 5 rings (SSSR count). The second kappa shape index (κ2) is 7.70. The minimum absolute atomic E-state index is 0.433. The van der Waals surface area contributed by atoms with Crippen LogP contribution in [0.2, 0.25) is 0 Å². The summed E-state index contributed by atoms with van der Waals surface area (Å²) in [7, 11) is 0. The molecule has 3 aromatic carbocycles. The number of nitrogens with zero attached hydrogens (tertiary/aromatic N) is 3. The summed E-state index contributed by atoms with van der Waals surface area (Å²) in [6.07, 6.45) is -0.839. The molecule has 4 aromatic rings. The van der Waals surface area contributed by atoms with E-state index in [0.29, 0.717) is 17.9 Å². The van der Waals surface area contributed by atoms with Crippen molar-refractivity contribution >= 4 is 16.7 Å². The Kier molecular flexibility index (Phi) is 4.84. The van der Waals surface area contributed by atoms with Crippen molar-refractivity contribution in [1.82, 2.24) is 9.97 Å². The summed E-state index contributed by atoms with van der Waals surface area (Å²) >= 11 is 0. The van der Waals surface area contributed by atoms with Gasteiger partial charge in [-0.25, -0.2) is 4.98 Å². The SMILES string of the molecule is CC1(C)Oc2ccc(C#N)cc2[C@H](N(Cc2nc3ccccc3[nH]2)c2ccccc2)[C@H]1O. The van der Waals surface area contributed by atoms with Gasteiger partial charge in [0.25, 0.3) is 0 Å². The summed E-state index contributed by atoms with van der Waals surface area (Å²) in [5.74, 6) is 1.47. The van der Waals surface area contributed by atoms with Crippen molar-refractivity contribution in [3.05, 3.63) is 89.7 Å². The summed E-state index contributed by atoms with van der Waals surface area (Å²) in [5.41, 5.74) is 3.32. The molecular weight excluding hydrogens is 400 g/mol. The first kappa shape index (κ1) is 20.1. The molecule has 0 unspecified atom stereocenters. The van der Waals surface area contributed by atoms with Gasteiger partial charge in [0.1, 0.15) is 23.3 Å². The normalized spacial score (nSPS) is 19.1. The van der Waals surface area contributed by atoms with Crippen LogP contribution in [0.25, 0.3) is 11.0 Å². The zero-order valence-electron chi connectivity index (χ0n) is 18.0. The maximum atomic E-state index is 11.5. The van der Waals surface area contributed by atoms with Crippen LogP contribution in [-0.4, -0.2) is 26.8 Å². The minimum Gasteiger partial charge on any atom is -0.485 e. The van der Waals surface area contributed by atoms with Gasteiger partial charge in [-0.2, -0.15) is 5.26 Å². The number of ether oxygens (including phenoxy) is 1. The molecule has 0 spiro atoms. The average molecular weight is 425 g/mol. The van der Waals surface area contributed by atoms with Crippen molar-refractivity contribution in [3.8, 4) is 11.8 Å². The predicted octanol–water partition coefficient (Wildman–Crippen LogP) is 4.71. The Morgan fingerprint density at radius 2 is 1.84 bits per heavy atom. The molecule has 1 aromatic heterocycles. The lowest BCUT2D eigenvalue weighted by Gasteiger charge is -2.47. The smallest absolute Gasteiger partial charge is 0.132 e. The first-order valence-corrected chi connectivity index (χ1v) is 10.6. The second-order valence-corrected chi connectivity index (χ2v) is 8.62. The zero-order chi connectivity index (χ0) is 22.3. The van der Waals surface area contributed by atoms with Gasteiger partial charge in [-0.05, 0) is 56.3 Å². The summed E-state index contributed by atoms with van der Waals surface area (Å²) in [6, 6.07) is 25.0. The summed E-state index contributed by atoms with van der Waals surface area (Å²) in [6.45, 7) is 4.22. The van der Waals surface area contributed by atoms with Gasteiger partial charge in [0.15, 0.2) is 0 Å². The number of rotatable bonds is 4. The Hall–Kier alpha value is -3.82. The highest BCUT2D eigenvalue weighted by Gasteiger charge is 2.46. The van der Waals surface area contributed by atoms with Gasteiger partial charge in [0, 0.05) is 11.3 Å². The van der Waals surface area contributed by atoms with Crippen LogP contribution >= 0.6 is 0 Å². The Labute approximate surface area is 186 Å². The van der Waals surface area contributed by atoms with Crippen LogP contribution < -0.4 is 9.64 Å². The van der Waals surface area contributed by atoms with Gasteiger partial charge >= 0.3 is 0 Å². The Morgan fingerprint density at radius 1 is 1.09 bits per heavy atom. The van der Waals surface area contributed by atoms with Gasteiger partial charge in [0.05, 0.1) is 35.3 Å². The summed E-state index contributed by atoms with van der Waals surface area (Å²) in [5, 5.41) is 21.0. The number of hydrogen-bond acceptors (Lipinski definition) is 5. The van der Waals surface area contributed by atoms with Crippen molar-refractivity contribution in [3.63, 3.8) is 0 Å². The quantitative estimate of drug-likeness (QED) is 0.495. The third kappa shape index (κ3) is 3.47. The fourth-order valence-corrected chi connectivity index (χ4v) is 4.39. The molecule has 160 valence electrons. The molecule has 0 saturated heterocycles. The maximum Gasteiger partial charge on any atom is 0.132 e. The van der Waals surface area contributed by atoms with Crippen LogP contribution in [-0.2, 0) is 6.54 Å². The minimum atomic E-state index is -0.839. The number of H-pyrrole nitrogens is 1. The van der Waals surface area contributed by atoms with Crippen LogP contribution in [0.4, 0.5) is 5.69 Å². The zero-order valence-corrected chi connectivity index (χ0v) is 18.0. The van der Waals surface area contributed by atoms with E-state index in [-0.39, 0.29) is 0 Å². The molecule has 1 aliphatic heterocycles. The number of hydrogen-bond donors (Lipinski definition) is 2. The molecule has 6 heteroatoms. The maximum absolute atomic E-state index is 11.5. The largest absolute Gasteiger partial charge is 0.485 e. The predicted molar refractivity (Wildman–Crippen MR) is 123 cm³/mol. The van der Waals surface area contributed by atoms with E-state index in [9.17, 15) is 10.4 Å². The lowest BCUT2D eigenvalue weighted by molar-refractivity contribution is -0.0590. The Bertz CT molecular complexity index is 1270. The summed E-state index contributed by atoms with van der Waals surface area (Å²) in [4.78, 5) is 10.3. The molecule has 0 saturated carbocycles. The lowest BCUT2D eigenvalue weighted by atomic mass is 9.84. The van der Waals surface area contributed by atoms with Crippen molar-refractivity contribution in [2.45, 2.75) is 38.1 Å². The van der Waals surface area contributed by atoms with Gasteiger partial charge in [-0.3, -0.25) is 0 Å². The first-order valence-electron chi connectivity index (χ1n) is 10.6. The number of para-hydroxylation sites is 3. The standard InChI is InChI=1S/C26H24N4O2/c1-26(2)25(31)24(19-14-17(15-27)12-13-22(19)32-26)30(18-8-4-3-5-9-18)16-23-28-20-10-6-7-11-21(20)29-23/h3-14,24-25,31H,16H2,1-2H3,(H,28,29)/t24-,25+/m0/s1. The molecule has 0 fully saturated rings. The number of fused-ring (bicyclic) bond motifs is 2. The number of aliphatic hydroxyl groups excluding tert-OH is 1. The molecule has 1 aliphatic rings. The molecule has 2 atom stereocenters. The molecule has 0 radical (unpaired) electrons. The fraction of sp³-hybridized carbons (Fsp3) is 0.231. The lowest BCUT2D eigenvalue weighted by Crippen LogP contribution is -2.53. The molecule has 0 bridgehead atoms. The molecule has 0 aliphatic carbocycles. The van der Waals surface area contributed by atoms with Gasteiger partial charge < -0.3 is 19.7 Å². The van der Waals surface area contributed by atoms with E-state index in [1.54, 1.807) is 6.07 Å². The van der Waals surface area contributed by atoms with E-state index < -0.39 is 17.7 Å². The third-order valence-electron chi connectivity index (χ3n) is 6.02. The highest BCUT2D eigenvalue weighted by atomic mass is 16.5. The number of nitrogens with one attached hydrogen (secondary N) is 1. The van der Waals surface area contributed by atoms with Crippen molar-refractivity contribution in [1.29, 1.82) is 5.26 Å². The second-order valence-electron chi connectivity index (χ2n) is 8.62. The molecule has 2 N–H and O–H groups in total. The van der Waals surface area contributed by atoms with E-state index in [1.807, 2.05) is 80.6 Å². The Morgan fingerprint density at radius 3 is 2.59 bits per heavy atom. The monoisotopic (exact) mass is 424 g/mol.